The lowest BCUT2D eigenvalue weighted by atomic mass is 9.90. The Bertz CT molecular complexity index is 516. The minimum Gasteiger partial charge on any atom is -0.422 e. The van der Waals surface area contributed by atoms with Crippen molar-refractivity contribution < 1.29 is 19.1 Å². The highest BCUT2D eigenvalue weighted by Gasteiger charge is 2.43. The van der Waals surface area contributed by atoms with Crippen molar-refractivity contribution in [2.24, 2.45) is 11.8 Å². The Labute approximate surface area is 129 Å². The van der Waals surface area contributed by atoms with Crippen LogP contribution in [0.3, 0.4) is 0 Å². The molecule has 0 amide bonds. The molecular weight excluding hydrogens is 292 g/mol. The molecule has 1 heterocycles. The third-order valence-electron chi connectivity index (χ3n) is 3.40. The van der Waals surface area contributed by atoms with Crippen LogP contribution < -0.4 is 0 Å². The molecule has 0 bridgehead atoms. The van der Waals surface area contributed by atoms with Gasteiger partial charge in [-0.15, -0.1) is 0 Å². The summed E-state index contributed by atoms with van der Waals surface area (Å²) < 4.78 is 10.2. The van der Waals surface area contributed by atoms with Crippen LogP contribution in [-0.2, 0) is 25.5 Å². The predicted octanol–water partition coefficient (Wildman–Crippen LogP) is 3.36. The van der Waals surface area contributed by atoms with E-state index in [0.717, 1.165) is 12.0 Å². The van der Waals surface area contributed by atoms with Crippen LogP contribution in [0.2, 0.25) is 5.02 Å². The second-order valence-corrected chi connectivity index (χ2v) is 6.40. The molecule has 2 rings (SSSR count). The SMILES string of the molecule is C[C@@H](Cc1ccc(Cl)cc1)CC1C(=O)OC(C)(C)OC1=O. The molecule has 4 nitrogen and oxygen atoms in total. The maximum absolute atomic E-state index is 11.9. The van der Waals surface area contributed by atoms with Crippen molar-refractivity contribution in [2.45, 2.75) is 39.4 Å². The average Bonchev–Trinajstić information content (AvgIpc) is 2.36. The van der Waals surface area contributed by atoms with E-state index in [1.165, 1.54) is 0 Å². The van der Waals surface area contributed by atoms with Crippen molar-refractivity contribution in [1.82, 2.24) is 0 Å². The molecule has 1 saturated heterocycles. The highest BCUT2D eigenvalue weighted by Crippen LogP contribution is 2.28. The third-order valence-corrected chi connectivity index (χ3v) is 3.65. The van der Waals surface area contributed by atoms with Crippen LogP contribution in [0.5, 0.6) is 0 Å². The topological polar surface area (TPSA) is 52.6 Å². The Morgan fingerprint density at radius 3 is 2.19 bits per heavy atom. The van der Waals surface area contributed by atoms with Crippen molar-refractivity contribution in [1.29, 1.82) is 0 Å². The molecular formula is C16H19ClO4. The van der Waals surface area contributed by atoms with E-state index in [2.05, 4.69) is 0 Å². The fraction of sp³-hybridized carbons (Fsp3) is 0.500. The van der Waals surface area contributed by atoms with Crippen LogP contribution in [0.25, 0.3) is 0 Å². The molecule has 0 radical (unpaired) electrons. The summed E-state index contributed by atoms with van der Waals surface area (Å²) in [5.41, 5.74) is 1.12. The molecule has 1 fully saturated rings. The number of cyclic esters (lactones) is 2. The molecule has 0 spiro atoms. The predicted molar refractivity (Wildman–Crippen MR) is 78.7 cm³/mol. The Morgan fingerprint density at radius 2 is 1.67 bits per heavy atom. The summed E-state index contributed by atoms with van der Waals surface area (Å²) in [6, 6.07) is 7.55. The second kappa shape index (κ2) is 6.06. The summed E-state index contributed by atoms with van der Waals surface area (Å²) in [7, 11) is 0. The largest absolute Gasteiger partial charge is 0.422 e. The lowest BCUT2D eigenvalue weighted by Crippen LogP contribution is -2.46. The maximum atomic E-state index is 11.9. The first kappa shape index (κ1) is 15.8. The Kier molecular flexibility index (Phi) is 4.57. The molecule has 1 aromatic rings. The molecule has 5 heteroatoms. The highest BCUT2D eigenvalue weighted by atomic mass is 35.5. The van der Waals surface area contributed by atoms with Gasteiger partial charge in [0.2, 0.25) is 0 Å². The number of benzene rings is 1. The molecule has 1 aromatic carbocycles. The van der Waals surface area contributed by atoms with E-state index in [-0.39, 0.29) is 5.92 Å². The molecule has 0 saturated carbocycles. The standard InChI is InChI=1S/C16H19ClO4/c1-10(8-11-4-6-12(17)7-5-11)9-13-14(18)20-16(2,3)21-15(13)19/h4-7,10,13H,8-9H2,1-3H3/t10-/m0/s1. The molecule has 0 aliphatic carbocycles. The van der Waals surface area contributed by atoms with Gasteiger partial charge < -0.3 is 9.47 Å². The number of halogens is 1. The molecule has 114 valence electrons. The summed E-state index contributed by atoms with van der Waals surface area (Å²) in [4.78, 5) is 23.8. The number of esters is 2. The fourth-order valence-electron chi connectivity index (χ4n) is 2.44. The maximum Gasteiger partial charge on any atom is 0.323 e. The zero-order valence-electron chi connectivity index (χ0n) is 12.4. The summed E-state index contributed by atoms with van der Waals surface area (Å²) in [5, 5.41) is 0.688. The zero-order valence-corrected chi connectivity index (χ0v) is 13.1. The van der Waals surface area contributed by atoms with Gasteiger partial charge in [0, 0.05) is 18.9 Å². The van der Waals surface area contributed by atoms with Crippen molar-refractivity contribution in [2.75, 3.05) is 0 Å². The number of hydrogen-bond donors (Lipinski definition) is 0. The van der Waals surface area contributed by atoms with Gasteiger partial charge in [-0.3, -0.25) is 9.59 Å². The van der Waals surface area contributed by atoms with Crippen molar-refractivity contribution in [3.05, 3.63) is 34.9 Å². The van der Waals surface area contributed by atoms with Gasteiger partial charge in [-0.05, 0) is 36.5 Å². The Hall–Kier alpha value is -1.55. The number of rotatable bonds is 4. The normalized spacial score (nSPS) is 19.8. The summed E-state index contributed by atoms with van der Waals surface area (Å²) >= 11 is 5.85. The molecule has 21 heavy (non-hydrogen) atoms. The third kappa shape index (κ3) is 4.21. The molecule has 1 aliphatic heterocycles. The first-order valence-corrected chi connectivity index (χ1v) is 7.35. The monoisotopic (exact) mass is 310 g/mol. The van der Waals surface area contributed by atoms with Crippen LogP contribution in [-0.4, -0.2) is 17.7 Å². The Balaban J connectivity index is 1.96. The first-order chi connectivity index (χ1) is 9.77. The van der Waals surface area contributed by atoms with Gasteiger partial charge in [-0.1, -0.05) is 30.7 Å². The van der Waals surface area contributed by atoms with Gasteiger partial charge in [0.25, 0.3) is 5.79 Å². The summed E-state index contributed by atoms with van der Waals surface area (Å²) in [6.45, 7) is 5.10. The van der Waals surface area contributed by atoms with Gasteiger partial charge in [-0.2, -0.15) is 0 Å². The lowest BCUT2D eigenvalue weighted by Gasteiger charge is -2.33. The number of hydrogen-bond acceptors (Lipinski definition) is 4. The van der Waals surface area contributed by atoms with E-state index in [4.69, 9.17) is 21.1 Å². The first-order valence-electron chi connectivity index (χ1n) is 6.97. The summed E-state index contributed by atoms with van der Waals surface area (Å²) in [5.74, 6) is -2.85. The van der Waals surface area contributed by atoms with Gasteiger partial charge in [0.15, 0.2) is 5.92 Å². The van der Waals surface area contributed by atoms with Crippen LogP contribution in [0.1, 0.15) is 32.8 Å². The fourth-order valence-corrected chi connectivity index (χ4v) is 2.57. The van der Waals surface area contributed by atoms with E-state index in [1.54, 1.807) is 13.8 Å². The smallest absolute Gasteiger partial charge is 0.323 e. The van der Waals surface area contributed by atoms with E-state index in [9.17, 15) is 9.59 Å². The van der Waals surface area contributed by atoms with Gasteiger partial charge >= 0.3 is 11.9 Å². The zero-order chi connectivity index (χ0) is 15.6. The van der Waals surface area contributed by atoms with Crippen molar-refractivity contribution >= 4 is 23.5 Å². The van der Waals surface area contributed by atoms with E-state index in [1.807, 2.05) is 31.2 Å². The molecule has 1 aliphatic rings. The molecule has 0 N–H and O–H groups in total. The average molecular weight is 311 g/mol. The van der Waals surface area contributed by atoms with Crippen LogP contribution >= 0.6 is 11.6 Å². The van der Waals surface area contributed by atoms with Gasteiger partial charge in [0.1, 0.15) is 0 Å². The number of carbonyl (C=O) groups excluding carboxylic acids is 2. The van der Waals surface area contributed by atoms with Gasteiger partial charge in [0.05, 0.1) is 0 Å². The van der Waals surface area contributed by atoms with Crippen molar-refractivity contribution in [3.63, 3.8) is 0 Å². The minimum atomic E-state index is -1.16. The van der Waals surface area contributed by atoms with Crippen LogP contribution in [0.15, 0.2) is 24.3 Å². The summed E-state index contributed by atoms with van der Waals surface area (Å²) in [6.07, 6.45) is 1.17. The highest BCUT2D eigenvalue weighted by molar-refractivity contribution is 6.30. The molecule has 0 unspecified atom stereocenters. The number of ether oxygens (including phenoxy) is 2. The van der Waals surface area contributed by atoms with E-state index < -0.39 is 23.6 Å². The Morgan fingerprint density at radius 1 is 1.14 bits per heavy atom. The van der Waals surface area contributed by atoms with E-state index in [0.29, 0.717) is 11.4 Å². The van der Waals surface area contributed by atoms with Crippen LogP contribution in [0, 0.1) is 11.8 Å². The quantitative estimate of drug-likeness (QED) is 0.632. The van der Waals surface area contributed by atoms with Crippen molar-refractivity contribution in [3.8, 4) is 0 Å². The molecule has 1 atom stereocenters. The van der Waals surface area contributed by atoms with Crippen LogP contribution in [0.4, 0.5) is 0 Å². The lowest BCUT2D eigenvalue weighted by molar-refractivity contribution is -0.240. The number of carbonyl (C=O) groups is 2. The minimum absolute atomic E-state index is 0.150. The van der Waals surface area contributed by atoms with E-state index >= 15 is 0 Å². The van der Waals surface area contributed by atoms with Gasteiger partial charge in [-0.25, -0.2) is 0 Å². The second-order valence-electron chi connectivity index (χ2n) is 5.97. The molecule has 0 aromatic heterocycles.